The smallest absolute Gasteiger partial charge is 0.282 e. The van der Waals surface area contributed by atoms with Gasteiger partial charge in [-0.2, -0.15) is 5.10 Å². The fraction of sp³-hybridized carbons (Fsp3) is 0.154. The number of carbonyl (C=O) groups excluding carboxylic acids is 1. The Morgan fingerprint density at radius 3 is 2.54 bits per heavy atom. The standard InChI is InChI=1S/C26H20F3N7O/c1-34-21-10-17(8-7-16(21)9-22(34)25(37)35-14-26(28,29)15-35)23-30-13-20(27)24(33-23)36(19-11-31-32-12-19)18-5-3-2-4-6-18/h2-13H,14-15H2,1H3,(H,31,32). The molecule has 5 aromatic rings. The third kappa shape index (κ3) is 3.98. The van der Waals surface area contributed by atoms with Gasteiger partial charge in [-0.1, -0.05) is 30.3 Å². The van der Waals surface area contributed by atoms with E-state index in [1.807, 2.05) is 30.3 Å². The minimum Gasteiger partial charge on any atom is -0.340 e. The van der Waals surface area contributed by atoms with Crippen molar-refractivity contribution in [2.75, 3.05) is 18.0 Å². The lowest BCUT2D eigenvalue weighted by molar-refractivity contribution is -0.113. The largest absolute Gasteiger partial charge is 0.340 e. The van der Waals surface area contributed by atoms with Gasteiger partial charge >= 0.3 is 0 Å². The van der Waals surface area contributed by atoms with Gasteiger partial charge in [0.1, 0.15) is 5.69 Å². The molecular formula is C26H20F3N7O. The molecular weight excluding hydrogens is 483 g/mol. The zero-order valence-corrected chi connectivity index (χ0v) is 19.6. The van der Waals surface area contributed by atoms with E-state index in [0.29, 0.717) is 28.1 Å². The Balaban J connectivity index is 1.40. The van der Waals surface area contributed by atoms with Crippen molar-refractivity contribution in [1.29, 1.82) is 0 Å². The normalized spacial score (nSPS) is 14.5. The molecule has 3 aromatic heterocycles. The molecule has 1 aliphatic heterocycles. The predicted octanol–water partition coefficient (Wildman–Crippen LogP) is 5.06. The minimum atomic E-state index is -2.84. The Morgan fingerprint density at radius 1 is 1.05 bits per heavy atom. The van der Waals surface area contributed by atoms with Crippen molar-refractivity contribution < 1.29 is 18.0 Å². The van der Waals surface area contributed by atoms with Gasteiger partial charge in [0, 0.05) is 35.4 Å². The summed E-state index contributed by atoms with van der Waals surface area (Å²) in [7, 11) is 1.70. The summed E-state index contributed by atoms with van der Waals surface area (Å²) in [5.41, 5.74) is 2.87. The number of carbonyl (C=O) groups is 1. The minimum absolute atomic E-state index is 0.0409. The van der Waals surface area contributed by atoms with E-state index in [2.05, 4.69) is 20.2 Å². The maximum absolute atomic E-state index is 15.1. The van der Waals surface area contributed by atoms with Gasteiger partial charge in [0.05, 0.1) is 31.2 Å². The molecule has 186 valence electrons. The van der Waals surface area contributed by atoms with Gasteiger partial charge in [-0.3, -0.25) is 14.8 Å². The van der Waals surface area contributed by atoms with E-state index in [1.54, 1.807) is 53.2 Å². The summed E-state index contributed by atoms with van der Waals surface area (Å²) in [6.45, 7) is -1.17. The number of hydrogen-bond acceptors (Lipinski definition) is 5. The maximum atomic E-state index is 15.1. The molecule has 0 saturated carbocycles. The molecule has 0 aliphatic carbocycles. The van der Waals surface area contributed by atoms with E-state index in [0.717, 1.165) is 16.5 Å². The van der Waals surface area contributed by atoms with Crippen molar-refractivity contribution in [3.63, 3.8) is 0 Å². The topological polar surface area (TPSA) is 82.9 Å². The first-order chi connectivity index (χ1) is 17.8. The van der Waals surface area contributed by atoms with E-state index < -0.39 is 30.7 Å². The van der Waals surface area contributed by atoms with Crippen molar-refractivity contribution in [2.45, 2.75) is 5.92 Å². The van der Waals surface area contributed by atoms with E-state index >= 15 is 4.39 Å². The Morgan fingerprint density at radius 2 is 1.84 bits per heavy atom. The Kier molecular flexibility index (Phi) is 5.21. The van der Waals surface area contributed by atoms with Gasteiger partial charge in [0.15, 0.2) is 17.5 Å². The Labute approximate surface area is 209 Å². The lowest BCUT2D eigenvalue weighted by atomic mass is 10.1. The highest BCUT2D eigenvalue weighted by Crippen LogP contribution is 2.35. The third-order valence-electron chi connectivity index (χ3n) is 6.35. The second-order valence-electron chi connectivity index (χ2n) is 8.87. The summed E-state index contributed by atoms with van der Waals surface area (Å²) in [5, 5.41) is 7.49. The number of para-hydroxylation sites is 1. The first kappa shape index (κ1) is 22.8. The molecule has 4 heterocycles. The number of amides is 1. The van der Waals surface area contributed by atoms with Crippen LogP contribution in [-0.4, -0.2) is 54.6 Å². The molecule has 1 aliphatic rings. The van der Waals surface area contributed by atoms with Crippen LogP contribution in [0.25, 0.3) is 22.3 Å². The van der Waals surface area contributed by atoms with E-state index in [4.69, 9.17) is 0 Å². The van der Waals surface area contributed by atoms with Crippen molar-refractivity contribution in [1.82, 2.24) is 29.6 Å². The average Bonchev–Trinajstić information content (AvgIpc) is 3.52. The maximum Gasteiger partial charge on any atom is 0.282 e. The molecule has 0 unspecified atom stereocenters. The highest BCUT2D eigenvalue weighted by atomic mass is 19.3. The number of aryl methyl sites for hydroxylation is 1. The molecule has 2 aromatic carbocycles. The fourth-order valence-electron chi connectivity index (χ4n) is 4.48. The van der Waals surface area contributed by atoms with Crippen LogP contribution in [-0.2, 0) is 7.05 Å². The van der Waals surface area contributed by atoms with Crippen LogP contribution in [0.4, 0.5) is 30.4 Å². The molecule has 0 bridgehead atoms. The number of anilines is 3. The number of halogens is 3. The van der Waals surface area contributed by atoms with Crippen LogP contribution in [0.15, 0.2) is 73.2 Å². The Bertz CT molecular complexity index is 1610. The van der Waals surface area contributed by atoms with Crippen LogP contribution < -0.4 is 4.90 Å². The molecule has 1 fully saturated rings. The summed E-state index contributed by atoms with van der Waals surface area (Å²) < 4.78 is 43.3. The summed E-state index contributed by atoms with van der Waals surface area (Å²) in [4.78, 5) is 24.3. The zero-order valence-electron chi connectivity index (χ0n) is 19.6. The van der Waals surface area contributed by atoms with Gasteiger partial charge in [0.2, 0.25) is 0 Å². The average molecular weight is 503 g/mol. The number of nitrogens with zero attached hydrogens (tertiary/aromatic N) is 6. The lowest BCUT2D eigenvalue weighted by Gasteiger charge is -2.38. The number of nitrogens with one attached hydrogen (secondary N) is 1. The molecule has 1 N–H and O–H groups in total. The molecule has 1 amide bonds. The SMILES string of the molecule is Cn1c(C(=O)N2CC(F)(F)C2)cc2ccc(-c3ncc(F)c(N(c4ccccc4)c4cn[nH]c4)n3)cc21. The monoisotopic (exact) mass is 503 g/mol. The fourth-order valence-corrected chi connectivity index (χ4v) is 4.48. The second-order valence-corrected chi connectivity index (χ2v) is 8.87. The van der Waals surface area contributed by atoms with Gasteiger partial charge in [-0.25, -0.2) is 23.1 Å². The van der Waals surface area contributed by atoms with Crippen LogP contribution >= 0.6 is 0 Å². The van der Waals surface area contributed by atoms with Gasteiger partial charge in [-0.05, 0) is 24.3 Å². The number of benzene rings is 2. The van der Waals surface area contributed by atoms with Crippen molar-refractivity contribution in [3.05, 3.63) is 84.7 Å². The van der Waals surface area contributed by atoms with Gasteiger partial charge in [0.25, 0.3) is 11.8 Å². The van der Waals surface area contributed by atoms with Crippen molar-refractivity contribution >= 4 is 34.0 Å². The van der Waals surface area contributed by atoms with Crippen molar-refractivity contribution in [2.24, 2.45) is 7.05 Å². The lowest BCUT2D eigenvalue weighted by Crippen LogP contribution is -2.58. The molecule has 11 heteroatoms. The molecule has 6 rings (SSSR count). The molecule has 8 nitrogen and oxygen atoms in total. The molecule has 1 saturated heterocycles. The molecule has 0 radical (unpaired) electrons. The van der Waals surface area contributed by atoms with Crippen LogP contribution in [0.5, 0.6) is 0 Å². The summed E-state index contributed by atoms with van der Waals surface area (Å²) in [5.74, 6) is -3.59. The van der Waals surface area contributed by atoms with E-state index in [9.17, 15) is 13.6 Å². The number of aromatic amines is 1. The van der Waals surface area contributed by atoms with Gasteiger partial charge < -0.3 is 9.47 Å². The zero-order chi connectivity index (χ0) is 25.7. The number of aromatic nitrogens is 5. The number of alkyl halides is 2. The highest BCUT2D eigenvalue weighted by molar-refractivity contribution is 6.00. The third-order valence-corrected chi connectivity index (χ3v) is 6.35. The van der Waals surface area contributed by atoms with E-state index in [1.165, 1.54) is 0 Å². The van der Waals surface area contributed by atoms with E-state index in [-0.39, 0.29) is 11.6 Å². The van der Waals surface area contributed by atoms with Crippen LogP contribution in [0.1, 0.15) is 10.5 Å². The first-order valence-corrected chi connectivity index (χ1v) is 11.4. The molecule has 0 spiro atoms. The number of likely N-dealkylation sites (tertiary alicyclic amines) is 1. The quantitative estimate of drug-likeness (QED) is 0.363. The summed E-state index contributed by atoms with van der Waals surface area (Å²) in [6.07, 6.45) is 4.31. The summed E-state index contributed by atoms with van der Waals surface area (Å²) >= 11 is 0. The predicted molar refractivity (Wildman–Crippen MR) is 132 cm³/mol. The number of hydrogen-bond donors (Lipinski definition) is 1. The van der Waals surface area contributed by atoms with Crippen molar-refractivity contribution in [3.8, 4) is 11.4 Å². The number of H-pyrrole nitrogens is 1. The van der Waals surface area contributed by atoms with Crippen LogP contribution in [0.3, 0.4) is 0 Å². The number of rotatable bonds is 5. The second kappa shape index (κ2) is 8.47. The summed E-state index contributed by atoms with van der Waals surface area (Å²) in [6, 6.07) is 16.2. The first-order valence-electron chi connectivity index (χ1n) is 11.4. The number of fused-ring (bicyclic) bond motifs is 1. The molecule has 0 atom stereocenters. The Hall–Kier alpha value is -4.67. The molecule has 37 heavy (non-hydrogen) atoms. The van der Waals surface area contributed by atoms with Crippen LogP contribution in [0, 0.1) is 5.82 Å². The van der Waals surface area contributed by atoms with Gasteiger partial charge in [-0.15, -0.1) is 0 Å². The highest BCUT2D eigenvalue weighted by Gasteiger charge is 2.46. The van der Waals surface area contributed by atoms with Crippen LogP contribution in [0.2, 0.25) is 0 Å².